The Labute approximate surface area is 244 Å². The van der Waals surface area contributed by atoms with Crippen molar-refractivity contribution < 1.29 is 17.9 Å². The fraction of sp³-hybridized carbons (Fsp3) is 0.258. The summed E-state index contributed by atoms with van der Waals surface area (Å²) in [4.78, 5) is 25.4. The lowest BCUT2D eigenvalue weighted by atomic mass is 10.1. The zero-order chi connectivity index (χ0) is 30.1. The number of sulfone groups is 1. The van der Waals surface area contributed by atoms with Crippen LogP contribution in [0.1, 0.15) is 49.9 Å². The van der Waals surface area contributed by atoms with Crippen LogP contribution >= 0.6 is 0 Å². The van der Waals surface area contributed by atoms with Crippen molar-refractivity contribution in [3.8, 4) is 11.5 Å². The van der Waals surface area contributed by atoms with Gasteiger partial charge in [-0.3, -0.25) is 14.5 Å². The molecule has 0 aliphatic rings. The molecule has 5 rings (SSSR count). The number of pyridine rings is 1. The van der Waals surface area contributed by atoms with Gasteiger partial charge in [-0.2, -0.15) is 5.10 Å². The highest BCUT2D eigenvalue weighted by Gasteiger charge is 2.27. The Bertz CT molecular complexity index is 1860. The maximum Gasteiger partial charge on any atom is 0.228 e. The van der Waals surface area contributed by atoms with Crippen LogP contribution < -0.4 is 10.1 Å². The number of carbonyl (C=O) groups excluding carboxylic acids is 1. The quantitative estimate of drug-likeness (QED) is 0.243. The number of fused-ring (bicyclic) bond motifs is 1. The first-order chi connectivity index (χ1) is 19.9. The zero-order valence-electron chi connectivity index (χ0n) is 24.1. The van der Waals surface area contributed by atoms with Crippen LogP contribution in [0, 0.1) is 6.92 Å². The van der Waals surface area contributed by atoms with Gasteiger partial charge in [-0.25, -0.2) is 18.4 Å². The van der Waals surface area contributed by atoms with Crippen LogP contribution in [0.2, 0.25) is 0 Å². The fourth-order valence-electron chi connectivity index (χ4n) is 4.43. The van der Waals surface area contributed by atoms with E-state index in [-0.39, 0.29) is 28.6 Å². The van der Waals surface area contributed by atoms with E-state index in [9.17, 15) is 13.2 Å². The molecule has 10 nitrogen and oxygen atoms in total. The Morgan fingerprint density at radius 3 is 2.45 bits per heavy atom. The molecule has 0 aliphatic heterocycles. The second-order valence-electron chi connectivity index (χ2n) is 11.1. The summed E-state index contributed by atoms with van der Waals surface area (Å²) < 4.78 is 34.9. The van der Waals surface area contributed by atoms with Crippen LogP contribution in [0.4, 0.5) is 5.69 Å². The Morgan fingerprint density at radius 2 is 1.76 bits per heavy atom. The number of aryl methyl sites for hydroxylation is 1. The molecule has 3 heterocycles. The lowest BCUT2D eigenvalue weighted by Crippen LogP contribution is -2.22. The molecule has 0 unspecified atom stereocenters. The van der Waals surface area contributed by atoms with E-state index in [0.717, 1.165) is 11.1 Å². The number of amides is 1. The summed E-state index contributed by atoms with van der Waals surface area (Å²) in [6.45, 7) is 9.57. The van der Waals surface area contributed by atoms with Gasteiger partial charge in [0.05, 0.1) is 34.3 Å². The van der Waals surface area contributed by atoms with E-state index in [0.29, 0.717) is 28.1 Å². The first-order valence-electron chi connectivity index (χ1n) is 13.4. The first kappa shape index (κ1) is 28.9. The number of aromatic nitrogens is 5. The van der Waals surface area contributed by atoms with Gasteiger partial charge in [0.15, 0.2) is 9.84 Å². The number of hydrogen-bond donors (Lipinski definition) is 1. The van der Waals surface area contributed by atoms with Crippen molar-refractivity contribution in [3.05, 3.63) is 96.5 Å². The van der Waals surface area contributed by atoms with E-state index in [1.54, 1.807) is 54.3 Å². The van der Waals surface area contributed by atoms with E-state index in [2.05, 4.69) is 25.4 Å². The van der Waals surface area contributed by atoms with E-state index in [1.807, 2.05) is 46.0 Å². The average Bonchev–Trinajstić information content (AvgIpc) is 3.43. The molecule has 1 N–H and O–H groups in total. The van der Waals surface area contributed by atoms with Crippen LogP contribution in [0.25, 0.3) is 10.9 Å². The highest BCUT2D eigenvalue weighted by Crippen LogP contribution is 2.34. The van der Waals surface area contributed by atoms with Crippen LogP contribution in [-0.4, -0.2) is 39.1 Å². The third kappa shape index (κ3) is 6.15. The molecule has 1 amide bonds. The van der Waals surface area contributed by atoms with E-state index in [1.165, 1.54) is 18.5 Å². The highest BCUT2D eigenvalue weighted by atomic mass is 32.2. The molecule has 1 atom stereocenters. The second-order valence-corrected chi connectivity index (χ2v) is 13.3. The summed E-state index contributed by atoms with van der Waals surface area (Å²) in [5, 5.41) is 6.84. The Kier molecular flexibility index (Phi) is 7.79. The monoisotopic (exact) mass is 584 g/mol. The number of anilines is 1. The number of nitrogens with zero attached hydrogens (tertiary/aromatic N) is 5. The molecule has 0 saturated heterocycles. The van der Waals surface area contributed by atoms with E-state index < -0.39 is 15.1 Å². The van der Waals surface area contributed by atoms with Gasteiger partial charge in [-0.1, -0.05) is 12.1 Å². The number of benzene rings is 2. The minimum absolute atomic E-state index is 0.124. The van der Waals surface area contributed by atoms with Gasteiger partial charge in [-0.15, -0.1) is 0 Å². The lowest BCUT2D eigenvalue weighted by molar-refractivity contribution is -0.115. The topological polar surface area (TPSA) is 129 Å². The third-order valence-corrected chi connectivity index (χ3v) is 8.85. The van der Waals surface area contributed by atoms with Gasteiger partial charge in [0, 0.05) is 30.2 Å². The van der Waals surface area contributed by atoms with Crippen molar-refractivity contribution >= 4 is 32.3 Å². The summed E-state index contributed by atoms with van der Waals surface area (Å²) in [7, 11) is -3.78. The van der Waals surface area contributed by atoms with E-state index in [4.69, 9.17) is 4.74 Å². The molecule has 11 heteroatoms. The molecule has 0 fully saturated rings. The molecule has 216 valence electrons. The van der Waals surface area contributed by atoms with Gasteiger partial charge < -0.3 is 10.1 Å². The second kappa shape index (κ2) is 11.3. The molecular weight excluding hydrogens is 552 g/mol. The molecule has 0 bridgehead atoms. The minimum atomic E-state index is -3.78. The molecule has 0 radical (unpaired) electrons. The molecule has 3 aromatic heterocycles. The Balaban J connectivity index is 1.34. The van der Waals surface area contributed by atoms with Gasteiger partial charge >= 0.3 is 0 Å². The average molecular weight is 585 g/mol. The zero-order valence-corrected chi connectivity index (χ0v) is 24.9. The molecule has 0 aliphatic carbocycles. The largest absolute Gasteiger partial charge is 0.456 e. The SMILES string of the molecule is Cc1cc(CC(=O)Nc2cnn(C(C)(C)C)c2)ccc1Oc1ccnc2ccc(S(=O)(=O)[C@@H](C)c3ncccn3)cc12. The standard InChI is InChI=1S/C31H32N6O4S/c1-20-15-22(16-29(38)36-23-18-35-37(19-23)31(3,4)5)7-10-27(20)41-28-11-14-32-26-9-8-24(17-25(26)28)42(39,40)21(2)30-33-12-6-13-34-30/h6-15,17-19,21H,16H2,1-5H3,(H,36,38)/t21-/m0/s1. The van der Waals surface area contributed by atoms with Gasteiger partial charge in [-0.05, 0) is 82.1 Å². The first-order valence-corrected chi connectivity index (χ1v) is 15.0. The number of ether oxygens (including phenoxy) is 1. The molecule has 2 aromatic carbocycles. The van der Waals surface area contributed by atoms with Crippen molar-refractivity contribution in [1.82, 2.24) is 24.7 Å². The Hall–Kier alpha value is -4.64. The molecule has 0 spiro atoms. The predicted octanol–water partition coefficient (Wildman–Crippen LogP) is 5.79. The number of hydrogen-bond acceptors (Lipinski definition) is 8. The normalized spacial score (nSPS) is 12.7. The van der Waals surface area contributed by atoms with Crippen molar-refractivity contribution in [2.45, 2.75) is 56.7 Å². The van der Waals surface area contributed by atoms with Gasteiger partial charge in [0.25, 0.3) is 0 Å². The lowest BCUT2D eigenvalue weighted by Gasteiger charge is -2.18. The summed E-state index contributed by atoms with van der Waals surface area (Å²) in [6.07, 6.45) is 8.29. The van der Waals surface area contributed by atoms with Crippen LogP contribution in [0.5, 0.6) is 11.5 Å². The van der Waals surface area contributed by atoms with E-state index >= 15 is 0 Å². The van der Waals surface area contributed by atoms with Crippen molar-refractivity contribution in [2.75, 3.05) is 5.32 Å². The van der Waals surface area contributed by atoms with Crippen LogP contribution in [-0.2, 0) is 26.6 Å². The molecule has 42 heavy (non-hydrogen) atoms. The summed E-state index contributed by atoms with van der Waals surface area (Å²) >= 11 is 0. The van der Waals surface area contributed by atoms with Crippen molar-refractivity contribution in [2.24, 2.45) is 0 Å². The Morgan fingerprint density at radius 1 is 1.00 bits per heavy atom. The summed E-state index contributed by atoms with van der Waals surface area (Å²) in [5.41, 5.74) is 2.70. The van der Waals surface area contributed by atoms with Gasteiger partial charge in [0.2, 0.25) is 5.91 Å². The number of rotatable bonds is 8. The maximum absolute atomic E-state index is 13.4. The minimum Gasteiger partial charge on any atom is -0.456 e. The van der Waals surface area contributed by atoms with Crippen molar-refractivity contribution in [3.63, 3.8) is 0 Å². The fourth-order valence-corrected chi connectivity index (χ4v) is 5.78. The highest BCUT2D eigenvalue weighted by molar-refractivity contribution is 7.91. The summed E-state index contributed by atoms with van der Waals surface area (Å²) in [5.74, 6) is 1.12. The maximum atomic E-state index is 13.4. The van der Waals surface area contributed by atoms with Crippen LogP contribution in [0.3, 0.4) is 0 Å². The predicted molar refractivity (Wildman–Crippen MR) is 160 cm³/mol. The smallest absolute Gasteiger partial charge is 0.228 e. The van der Waals surface area contributed by atoms with Gasteiger partial charge in [0.1, 0.15) is 22.6 Å². The molecular formula is C31H32N6O4S. The third-order valence-electron chi connectivity index (χ3n) is 6.79. The summed E-state index contributed by atoms with van der Waals surface area (Å²) in [6, 6.07) is 13.6. The molecule has 5 aromatic rings. The number of carbonyl (C=O) groups is 1. The number of nitrogens with one attached hydrogen (secondary N) is 1. The van der Waals surface area contributed by atoms with Crippen molar-refractivity contribution in [1.29, 1.82) is 0 Å². The van der Waals surface area contributed by atoms with Crippen LogP contribution in [0.15, 0.2) is 84.4 Å². The molecule has 0 saturated carbocycles.